The first kappa shape index (κ1) is 13.8. The molecule has 3 rings (SSSR count). The van der Waals surface area contributed by atoms with Crippen molar-refractivity contribution in [1.29, 1.82) is 0 Å². The van der Waals surface area contributed by atoms with Crippen molar-refractivity contribution in [2.75, 3.05) is 0 Å². The van der Waals surface area contributed by atoms with E-state index in [9.17, 15) is 4.79 Å². The fourth-order valence-corrected chi connectivity index (χ4v) is 3.52. The van der Waals surface area contributed by atoms with Gasteiger partial charge in [-0.25, -0.2) is 0 Å². The molecule has 0 saturated heterocycles. The maximum atomic E-state index is 11.7. The highest BCUT2D eigenvalue weighted by atomic mass is 16.1. The molecule has 3 nitrogen and oxygen atoms in total. The lowest BCUT2D eigenvalue weighted by Gasteiger charge is -2.25. The standard InChI is InChI=1S/C18H20N2O/c1-11-10-18(2,3)14-8-4-6-12(15(11)14)16-13(17(19)21)7-5-9-20-16/h4-10,13,16H,1-3H3,(H2,19,21). The van der Waals surface area contributed by atoms with Gasteiger partial charge in [0.1, 0.15) is 0 Å². The predicted octanol–water partition coefficient (Wildman–Crippen LogP) is 3.16. The van der Waals surface area contributed by atoms with Gasteiger partial charge in [-0.15, -0.1) is 0 Å². The van der Waals surface area contributed by atoms with Gasteiger partial charge in [0.2, 0.25) is 5.91 Å². The second kappa shape index (κ2) is 4.69. The van der Waals surface area contributed by atoms with Gasteiger partial charge in [0.25, 0.3) is 0 Å². The fraction of sp³-hybridized carbons (Fsp3) is 0.333. The zero-order valence-electron chi connectivity index (χ0n) is 12.6. The van der Waals surface area contributed by atoms with Crippen LogP contribution in [0.4, 0.5) is 0 Å². The van der Waals surface area contributed by atoms with Crippen molar-refractivity contribution >= 4 is 17.7 Å². The summed E-state index contributed by atoms with van der Waals surface area (Å²) in [6.45, 7) is 6.54. The number of hydrogen-bond donors (Lipinski definition) is 1. The minimum absolute atomic E-state index is 0.0197. The number of hydrogen-bond acceptors (Lipinski definition) is 2. The highest BCUT2D eigenvalue weighted by molar-refractivity contribution is 5.85. The molecule has 0 saturated carbocycles. The third kappa shape index (κ3) is 2.13. The van der Waals surface area contributed by atoms with E-state index in [2.05, 4.69) is 44.0 Å². The molecule has 1 aromatic rings. The number of carbonyl (C=O) groups is 1. The monoisotopic (exact) mass is 280 g/mol. The van der Waals surface area contributed by atoms with Crippen LogP contribution >= 0.6 is 0 Å². The Morgan fingerprint density at radius 2 is 2.10 bits per heavy atom. The highest BCUT2D eigenvalue weighted by Crippen LogP contribution is 2.45. The van der Waals surface area contributed by atoms with Crippen LogP contribution < -0.4 is 5.73 Å². The molecular weight excluding hydrogens is 260 g/mol. The van der Waals surface area contributed by atoms with Gasteiger partial charge in [-0.1, -0.05) is 44.2 Å². The second-order valence-corrected chi connectivity index (χ2v) is 6.37. The van der Waals surface area contributed by atoms with Crippen LogP contribution in [0.15, 0.2) is 41.4 Å². The summed E-state index contributed by atoms with van der Waals surface area (Å²) in [6.07, 6.45) is 7.67. The van der Waals surface area contributed by atoms with Crippen LogP contribution in [0.1, 0.15) is 43.5 Å². The molecule has 1 aliphatic carbocycles. The molecule has 0 aromatic heterocycles. The normalized spacial score (nSPS) is 25.6. The first-order chi connectivity index (χ1) is 9.92. The Bertz CT molecular complexity index is 695. The molecule has 108 valence electrons. The summed E-state index contributed by atoms with van der Waals surface area (Å²) in [7, 11) is 0. The first-order valence-electron chi connectivity index (χ1n) is 7.24. The summed E-state index contributed by atoms with van der Waals surface area (Å²) in [5, 5.41) is 0. The van der Waals surface area contributed by atoms with E-state index in [1.165, 1.54) is 16.7 Å². The van der Waals surface area contributed by atoms with Crippen molar-refractivity contribution in [3.63, 3.8) is 0 Å². The van der Waals surface area contributed by atoms with Gasteiger partial charge in [0, 0.05) is 11.6 Å². The van der Waals surface area contributed by atoms with Gasteiger partial charge in [-0.05, 0) is 35.3 Å². The number of allylic oxidation sites excluding steroid dienone is 3. The number of fused-ring (bicyclic) bond motifs is 1. The van der Waals surface area contributed by atoms with E-state index in [4.69, 9.17) is 5.73 Å². The van der Waals surface area contributed by atoms with Gasteiger partial charge in [0.15, 0.2) is 0 Å². The number of primary amides is 1. The zero-order valence-corrected chi connectivity index (χ0v) is 12.6. The Morgan fingerprint density at radius 3 is 2.81 bits per heavy atom. The SMILES string of the molecule is CC1=CC(C)(C)c2cccc(C3N=CC=CC3C(N)=O)c21. The number of amides is 1. The maximum Gasteiger partial charge on any atom is 0.226 e. The van der Waals surface area contributed by atoms with Crippen molar-refractivity contribution in [2.45, 2.75) is 32.2 Å². The second-order valence-electron chi connectivity index (χ2n) is 6.37. The Hall–Kier alpha value is -2.16. The van der Waals surface area contributed by atoms with E-state index in [-0.39, 0.29) is 23.3 Å². The average Bonchev–Trinajstić information content (AvgIpc) is 2.69. The number of carbonyl (C=O) groups excluding carboxylic acids is 1. The molecule has 1 aliphatic heterocycles. The van der Waals surface area contributed by atoms with Crippen molar-refractivity contribution in [3.8, 4) is 0 Å². The number of dihydropyridines is 1. The average molecular weight is 280 g/mol. The van der Waals surface area contributed by atoms with Crippen LogP contribution in [0.5, 0.6) is 0 Å². The van der Waals surface area contributed by atoms with Gasteiger partial charge in [-0.3, -0.25) is 9.79 Å². The Morgan fingerprint density at radius 1 is 1.33 bits per heavy atom. The minimum atomic E-state index is -0.377. The van der Waals surface area contributed by atoms with Gasteiger partial charge in [-0.2, -0.15) is 0 Å². The van der Waals surface area contributed by atoms with Crippen molar-refractivity contribution in [2.24, 2.45) is 16.6 Å². The molecule has 0 radical (unpaired) electrons. The summed E-state index contributed by atoms with van der Waals surface area (Å²) in [5.74, 6) is -0.706. The maximum absolute atomic E-state index is 11.7. The molecule has 2 unspecified atom stereocenters. The lowest BCUT2D eigenvalue weighted by atomic mass is 9.82. The summed E-state index contributed by atoms with van der Waals surface area (Å²) < 4.78 is 0. The fourth-order valence-electron chi connectivity index (χ4n) is 3.52. The third-order valence-corrected chi connectivity index (χ3v) is 4.40. The number of nitrogens with zero attached hydrogens (tertiary/aromatic N) is 1. The van der Waals surface area contributed by atoms with Crippen LogP contribution in [0, 0.1) is 5.92 Å². The zero-order chi connectivity index (χ0) is 15.2. The van der Waals surface area contributed by atoms with Crippen LogP contribution in [0.3, 0.4) is 0 Å². The predicted molar refractivity (Wildman–Crippen MR) is 86.2 cm³/mol. The van der Waals surface area contributed by atoms with Crippen molar-refractivity contribution in [3.05, 3.63) is 53.1 Å². The van der Waals surface area contributed by atoms with E-state index in [1.54, 1.807) is 12.3 Å². The molecule has 2 N–H and O–H groups in total. The van der Waals surface area contributed by atoms with Crippen molar-refractivity contribution in [1.82, 2.24) is 0 Å². The smallest absolute Gasteiger partial charge is 0.226 e. The molecule has 21 heavy (non-hydrogen) atoms. The molecule has 1 aromatic carbocycles. The van der Waals surface area contributed by atoms with E-state index >= 15 is 0 Å². The van der Waals surface area contributed by atoms with Crippen LogP contribution in [0.25, 0.3) is 5.57 Å². The minimum Gasteiger partial charge on any atom is -0.369 e. The van der Waals surface area contributed by atoms with E-state index in [0.717, 1.165) is 5.56 Å². The highest BCUT2D eigenvalue weighted by Gasteiger charge is 2.34. The Balaban J connectivity index is 2.16. The number of rotatable bonds is 2. The summed E-state index contributed by atoms with van der Waals surface area (Å²) in [6, 6.07) is 6.05. The van der Waals surface area contributed by atoms with Crippen molar-refractivity contribution < 1.29 is 4.79 Å². The molecule has 0 bridgehead atoms. The lowest BCUT2D eigenvalue weighted by Crippen LogP contribution is -2.28. The topological polar surface area (TPSA) is 55.4 Å². The summed E-state index contributed by atoms with van der Waals surface area (Å²) in [4.78, 5) is 16.3. The van der Waals surface area contributed by atoms with Gasteiger partial charge in [0.05, 0.1) is 12.0 Å². The third-order valence-electron chi connectivity index (χ3n) is 4.40. The van der Waals surface area contributed by atoms with Crippen LogP contribution in [-0.4, -0.2) is 12.1 Å². The molecule has 1 amide bonds. The summed E-state index contributed by atoms with van der Waals surface area (Å²) in [5.41, 5.74) is 10.4. The summed E-state index contributed by atoms with van der Waals surface area (Å²) >= 11 is 0. The molecular formula is C18H20N2O. The van der Waals surface area contributed by atoms with E-state index in [0.29, 0.717) is 0 Å². The number of benzene rings is 1. The molecule has 2 atom stereocenters. The molecule has 3 heteroatoms. The molecule has 0 fully saturated rings. The Kier molecular flexibility index (Phi) is 3.08. The van der Waals surface area contributed by atoms with E-state index < -0.39 is 0 Å². The number of nitrogens with two attached hydrogens (primary N) is 1. The largest absolute Gasteiger partial charge is 0.369 e. The molecule has 1 heterocycles. The molecule has 0 spiro atoms. The van der Waals surface area contributed by atoms with Gasteiger partial charge >= 0.3 is 0 Å². The quantitative estimate of drug-likeness (QED) is 0.888. The first-order valence-corrected chi connectivity index (χ1v) is 7.24. The lowest BCUT2D eigenvalue weighted by molar-refractivity contribution is -0.121. The van der Waals surface area contributed by atoms with E-state index in [1.807, 2.05) is 12.1 Å². The molecule has 2 aliphatic rings. The van der Waals surface area contributed by atoms with Crippen LogP contribution in [-0.2, 0) is 10.2 Å². The number of aliphatic imine (C=N–C) groups is 1. The van der Waals surface area contributed by atoms with Crippen LogP contribution in [0.2, 0.25) is 0 Å². The Labute approximate surface area is 125 Å². The van der Waals surface area contributed by atoms with Gasteiger partial charge < -0.3 is 5.73 Å².